The quantitative estimate of drug-likeness (QED) is 0.866. The van der Waals surface area contributed by atoms with Crippen LogP contribution in [0.2, 0.25) is 0 Å². The van der Waals surface area contributed by atoms with Crippen LogP contribution in [0.4, 0.5) is 5.69 Å². The van der Waals surface area contributed by atoms with Gasteiger partial charge in [0.05, 0.1) is 12.2 Å². The van der Waals surface area contributed by atoms with Crippen LogP contribution in [0.5, 0.6) is 0 Å². The number of esters is 1. The maximum atomic E-state index is 12.0. The van der Waals surface area contributed by atoms with Crippen LogP contribution in [0.3, 0.4) is 0 Å². The van der Waals surface area contributed by atoms with Gasteiger partial charge in [0.25, 0.3) is 0 Å². The Labute approximate surface area is 127 Å². The molecule has 21 heavy (non-hydrogen) atoms. The molecule has 1 unspecified atom stereocenters. The number of hydrogen-bond acceptors (Lipinski definition) is 4. The van der Waals surface area contributed by atoms with E-state index < -0.39 is 0 Å². The minimum atomic E-state index is -0.247. The number of benzene rings is 1. The predicted molar refractivity (Wildman–Crippen MR) is 85.8 cm³/mol. The highest BCUT2D eigenvalue weighted by Gasteiger charge is 2.35. The van der Waals surface area contributed by atoms with Gasteiger partial charge in [-0.3, -0.25) is 0 Å². The van der Waals surface area contributed by atoms with Gasteiger partial charge in [-0.05, 0) is 50.1 Å². The third-order valence-corrected chi connectivity index (χ3v) is 4.61. The highest BCUT2D eigenvalue weighted by atomic mass is 16.5. The van der Waals surface area contributed by atoms with Gasteiger partial charge in [0.1, 0.15) is 0 Å². The molecule has 0 saturated carbocycles. The fourth-order valence-electron chi connectivity index (χ4n) is 3.57. The SMILES string of the molecule is CCOC(=O)c1ccc2c(c1)[C@H](NC)C(C)[C@H](CC)N2C. The van der Waals surface area contributed by atoms with E-state index in [1.165, 1.54) is 11.3 Å². The highest BCUT2D eigenvalue weighted by Crippen LogP contribution is 2.41. The second-order valence-corrected chi connectivity index (χ2v) is 5.71. The summed E-state index contributed by atoms with van der Waals surface area (Å²) in [5.74, 6) is 0.234. The second kappa shape index (κ2) is 6.48. The molecule has 0 aliphatic carbocycles. The molecule has 1 heterocycles. The van der Waals surface area contributed by atoms with Crippen molar-refractivity contribution in [3.8, 4) is 0 Å². The molecule has 116 valence electrons. The van der Waals surface area contributed by atoms with Crippen LogP contribution in [0.15, 0.2) is 18.2 Å². The fraction of sp³-hybridized carbons (Fsp3) is 0.588. The Bertz CT molecular complexity index is 516. The van der Waals surface area contributed by atoms with Crippen LogP contribution in [0.1, 0.15) is 49.2 Å². The Morgan fingerprint density at radius 2 is 2.10 bits per heavy atom. The van der Waals surface area contributed by atoms with Gasteiger partial charge in [0, 0.05) is 24.8 Å². The highest BCUT2D eigenvalue weighted by molar-refractivity contribution is 5.90. The second-order valence-electron chi connectivity index (χ2n) is 5.71. The number of carbonyl (C=O) groups is 1. The van der Waals surface area contributed by atoms with E-state index in [0.29, 0.717) is 24.1 Å². The normalized spacial score (nSPS) is 24.6. The Balaban J connectivity index is 2.45. The molecule has 1 aliphatic heterocycles. The van der Waals surface area contributed by atoms with E-state index in [4.69, 9.17) is 4.74 Å². The van der Waals surface area contributed by atoms with Gasteiger partial charge < -0.3 is 15.0 Å². The molecule has 0 fully saturated rings. The van der Waals surface area contributed by atoms with E-state index >= 15 is 0 Å². The number of anilines is 1. The van der Waals surface area contributed by atoms with Crippen molar-refractivity contribution >= 4 is 11.7 Å². The minimum absolute atomic E-state index is 0.247. The zero-order chi connectivity index (χ0) is 15.6. The lowest BCUT2D eigenvalue weighted by Gasteiger charge is -2.44. The number of rotatable bonds is 4. The van der Waals surface area contributed by atoms with E-state index in [-0.39, 0.29) is 12.0 Å². The third-order valence-electron chi connectivity index (χ3n) is 4.61. The molecule has 4 nitrogen and oxygen atoms in total. The Hall–Kier alpha value is -1.55. The first-order valence-electron chi connectivity index (χ1n) is 7.76. The van der Waals surface area contributed by atoms with Crippen molar-refractivity contribution in [1.82, 2.24) is 5.32 Å². The molecule has 3 atom stereocenters. The molecule has 0 aromatic heterocycles. The number of nitrogens with zero attached hydrogens (tertiary/aromatic N) is 1. The van der Waals surface area contributed by atoms with Crippen molar-refractivity contribution in [2.45, 2.75) is 39.3 Å². The van der Waals surface area contributed by atoms with Gasteiger partial charge in [-0.25, -0.2) is 4.79 Å². The van der Waals surface area contributed by atoms with E-state index in [0.717, 1.165) is 6.42 Å². The van der Waals surface area contributed by atoms with Crippen molar-refractivity contribution in [3.63, 3.8) is 0 Å². The van der Waals surface area contributed by atoms with Crippen molar-refractivity contribution in [3.05, 3.63) is 29.3 Å². The average Bonchev–Trinajstić information content (AvgIpc) is 2.48. The standard InChI is InChI=1S/C17H26N2O2/c1-6-14-11(3)16(18-4)13-10-12(17(20)21-7-2)8-9-15(13)19(14)5/h8-11,14,16,18H,6-7H2,1-5H3/t11?,14-,16+/m0/s1. The largest absolute Gasteiger partial charge is 0.462 e. The van der Waals surface area contributed by atoms with Crippen LogP contribution in [-0.2, 0) is 4.74 Å². The number of hydrogen-bond donors (Lipinski definition) is 1. The molecule has 4 heteroatoms. The first kappa shape index (κ1) is 15.8. The van der Waals surface area contributed by atoms with Crippen LogP contribution in [-0.4, -0.2) is 32.7 Å². The monoisotopic (exact) mass is 290 g/mol. The van der Waals surface area contributed by atoms with Gasteiger partial charge in [0.15, 0.2) is 0 Å². The summed E-state index contributed by atoms with van der Waals surface area (Å²) in [6, 6.07) is 6.65. The van der Waals surface area contributed by atoms with E-state index in [9.17, 15) is 4.79 Å². The van der Waals surface area contributed by atoms with Gasteiger partial charge in [-0.15, -0.1) is 0 Å². The zero-order valence-corrected chi connectivity index (χ0v) is 13.6. The molecule has 1 aromatic carbocycles. The van der Waals surface area contributed by atoms with E-state index in [1.54, 1.807) is 0 Å². The summed E-state index contributed by atoms with van der Waals surface area (Å²) in [5, 5.41) is 3.41. The van der Waals surface area contributed by atoms with Gasteiger partial charge in [-0.2, -0.15) is 0 Å². The van der Waals surface area contributed by atoms with Gasteiger partial charge in [-0.1, -0.05) is 13.8 Å². The molecule has 0 spiro atoms. The Morgan fingerprint density at radius 1 is 1.38 bits per heavy atom. The van der Waals surface area contributed by atoms with Crippen molar-refractivity contribution in [1.29, 1.82) is 0 Å². The average molecular weight is 290 g/mol. The first-order chi connectivity index (χ1) is 10.0. The zero-order valence-electron chi connectivity index (χ0n) is 13.6. The number of nitrogens with one attached hydrogen (secondary N) is 1. The fourth-order valence-corrected chi connectivity index (χ4v) is 3.57. The van der Waals surface area contributed by atoms with Crippen LogP contribution >= 0.6 is 0 Å². The molecule has 2 rings (SSSR count). The maximum Gasteiger partial charge on any atom is 0.338 e. The molecule has 0 saturated heterocycles. The summed E-state index contributed by atoms with van der Waals surface area (Å²) in [6.45, 7) is 6.72. The lowest BCUT2D eigenvalue weighted by atomic mass is 9.81. The topological polar surface area (TPSA) is 41.6 Å². The summed E-state index contributed by atoms with van der Waals surface area (Å²) in [7, 11) is 4.12. The van der Waals surface area contributed by atoms with Gasteiger partial charge >= 0.3 is 5.97 Å². The Kier molecular flexibility index (Phi) is 4.88. The summed E-state index contributed by atoms with van der Waals surface area (Å²) in [4.78, 5) is 14.3. The molecule has 0 bridgehead atoms. The van der Waals surface area contributed by atoms with Crippen LogP contribution in [0.25, 0.3) is 0 Å². The third kappa shape index (κ3) is 2.77. The van der Waals surface area contributed by atoms with Crippen molar-refractivity contribution < 1.29 is 9.53 Å². The molecule has 0 amide bonds. The number of ether oxygens (including phenoxy) is 1. The molecular formula is C17H26N2O2. The summed E-state index contributed by atoms with van der Waals surface area (Å²) in [5.41, 5.74) is 3.02. The van der Waals surface area contributed by atoms with E-state index in [1.807, 2.05) is 32.2 Å². The van der Waals surface area contributed by atoms with Crippen molar-refractivity contribution in [2.75, 3.05) is 25.6 Å². The summed E-state index contributed by atoms with van der Waals surface area (Å²) < 4.78 is 5.11. The maximum absolute atomic E-state index is 12.0. The molecule has 1 aliphatic rings. The molecule has 0 radical (unpaired) electrons. The summed E-state index contributed by atoms with van der Waals surface area (Å²) in [6.07, 6.45) is 1.11. The lowest BCUT2D eigenvalue weighted by molar-refractivity contribution is 0.0526. The first-order valence-corrected chi connectivity index (χ1v) is 7.76. The number of carbonyl (C=O) groups excluding carboxylic acids is 1. The Morgan fingerprint density at radius 3 is 2.67 bits per heavy atom. The van der Waals surface area contributed by atoms with Gasteiger partial charge in [0.2, 0.25) is 0 Å². The minimum Gasteiger partial charge on any atom is -0.462 e. The van der Waals surface area contributed by atoms with E-state index in [2.05, 4.69) is 31.1 Å². The molecule has 1 aromatic rings. The van der Waals surface area contributed by atoms with Crippen molar-refractivity contribution in [2.24, 2.45) is 5.92 Å². The van der Waals surface area contributed by atoms with Crippen LogP contribution < -0.4 is 10.2 Å². The van der Waals surface area contributed by atoms with Crippen LogP contribution in [0, 0.1) is 5.92 Å². The summed E-state index contributed by atoms with van der Waals surface area (Å²) >= 11 is 0. The lowest BCUT2D eigenvalue weighted by Crippen LogP contribution is -2.46. The molecule has 1 N–H and O–H groups in total. The predicted octanol–water partition coefficient (Wildman–Crippen LogP) is 2.99. The number of fused-ring (bicyclic) bond motifs is 1. The smallest absolute Gasteiger partial charge is 0.338 e. The molecular weight excluding hydrogens is 264 g/mol.